The molecule has 128 valence electrons. The van der Waals surface area contributed by atoms with Gasteiger partial charge < -0.3 is 5.32 Å². The van der Waals surface area contributed by atoms with E-state index < -0.39 is 0 Å². The summed E-state index contributed by atoms with van der Waals surface area (Å²) in [5.41, 5.74) is 5.30. The molecule has 1 fully saturated rings. The van der Waals surface area contributed by atoms with E-state index in [2.05, 4.69) is 53.0 Å². The molecule has 0 saturated carbocycles. The predicted octanol–water partition coefficient (Wildman–Crippen LogP) is 3.95. The predicted molar refractivity (Wildman–Crippen MR) is 99.0 cm³/mol. The molecule has 0 aliphatic carbocycles. The summed E-state index contributed by atoms with van der Waals surface area (Å²) in [6.07, 6.45) is 6.07. The molecular weight excluding hydrogens is 296 g/mol. The lowest BCUT2D eigenvalue weighted by Gasteiger charge is -2.34. The van der Waals surface area contributed by atoms with Crippen molar-refractivity contribution in [3.63, 3.8) is 0 Å². The Labute approximate surface area is 144 Å². The standard InChI is InChI=1S/C20H28N4/c1-3-15-8-10-16(11-9-15)24-20-17(12-13-21-20)19(22-24)18-7-5-6-14-23(18)4-2/h8-11,18,21H,3-7,12-14H2,1-2H3. The Morgan fingerprint density at radius 3 is 2.75 bits per heavy atom. The summed E-state index contributed by atoms with van der Waals surface area (Å²) < 4.78 is 2.14. The largest absolute Gasteiger partial charge is 0.369 e. The third-order valence-electron chi connectivity index (χ3n) is 5.61. The number of rotatable bonds is 4. The molecule has 1 aromatic heterocycles. The number of hydrogen-bond acceptors (Lipinski definition) is 3. The van der Waals surface area contributed by atoms with Gasteiger partial charge in [0, 0.05) is 12.1 Å². The van der Waals surface area contributed by atoms with Gasteiger partial charge >= 0.3 is 0 Å². The van der Waals surface area contributed by atoms with E-state index in [1.165, 1.54) is 54.1 Å². The summed E-state index contributed by atoms with van der Waals surface area (Å²) in [5, 5.41) is 8.66. The highest BCUT2D eigenvalue weighted by Gasteiger charge is 2.31. The molecule has 4 nitrogen and oxygen atoms in total. The highest BCUT2D eigenvalue weighted by Crippen LogP contribution is 2.37. The van der Waals surface area contributed by atoms with Crippen molar-refractivity contribution in [2.45, 2.75) is 52.0 Å². The van der Waals surface area contributed by atoms with Gasteiger partial charge in [-0.2, -0.15) is 5.10 Å². The van der Waals surface area contributed by atoms with Gasteiger partial charge in [0.2, 0.25) is 0 Å². The highest BCUT2D eigenvalue weighted by atomic mass is 15.4. The summed E-state index contributed by atoms with van der Waals surface area (Å²) in [6.45, 7) is 7.83. The molecule has 1 atom stereocenters. The van der Waals surface area contributed by atoms with Crippen LogP contribution in [0.4, 0.5) is 5.82 Å². The lowest BCUT2D eigenvalue weighted by atomic mass is 9.96. The molecule has 4 heteroatoms. The fourth-order valence-corrected chi connectivity index (χ4v) is 4.21. The number of fused-ring (bicyclic) bond motifs is 1. The highest BCUT2D eigenvalue weighted by molar-refractivity contribution is 5.57. The maximum atomic E-state index is 5.09. The first kappa shape index (κ1) is 15.7. The normalized spacial score (nSPS) is 20.8. The number of benzene rings is 1. The van der Waals surface area contributed by atoms with Crippen molar-refractivity contribution < 1.29 is 0 Å². The third kappa shape index (κ3) is 2.63. The Balaban J connectivity index is 1.74. The van der Waals surface area contributed by atoms with Crippen molar-refractivity contribution in [2.75, 3.05) is 25.0 Å². The summed E-state index contributed by atoms with van der Waals surface area (Å²) in [4.78, 5) is 2.61. The van der Waals surface area contributed by atoms with Crippen LogP contribution in [-0.2, 0) is 12.8 Å². The van der Waals surface area contributed by atoms with Crippen LogP contribution in [-0.4, -0.2) is 34.3 Å². The number of piperidine rings is 1. The molecule has 2 aromatic rings. The van der Waals surface area contributed by atoms with E-state index in [1.54, 1.807) is 0 Å². The number of aryl methyl sites for hydroxylation is 1. The summed E-state index contributed by atoms with van der Waals surface area (Å²) in [6, 6.07) is 9.34. The zero-order valence-corrected chi connectivity index (χ0v) is 14.9. The minimum atomic E-state index is 0.494. The third-order valence-corrected chi connectivity index (χ3v) is 5.61. The van der Waals surface area contributed by atoms with Gasteiger partial charge in [-0.25, -0.2) is 4.68 Å². The van der Waals surface area contributed by atoms with Crippen molar-refractivity contribution in [1.82, 2.24) is 14.7 Å². The van der Waals surface area contributed by atoms with Crippen LogP contribution in [0.3, 0.4) is 0 Å². The number of hydrogen-bond donors (Lipinski definition) is 1. The summed E-state index contributed by atoms with van der Waals surface area (Å²) in [5.74, 6) is 1.22. The Bertz CT molecular complexity index is 701. The van der Waals surface area contributed by atoms with Gasteiger partial charge in [0.25, 0.3) is 0 Å². The van der Waals surface area contributed by atoms with Gasteiger partial charge in [0.1, 0.15) is 5.82 Å². The molecule has 3 heterocycles. The quantitative estimate of drug-likeness (QED) is 0.924. The van der Waals surface area contributed by atoms with Crippen LogP contribution in [0.15, 0.2) is 24.3 Å². The van der Waals surface area contributed by atoms with Crippen molar-refractivity contribution in [3.8, 4) is 5.69 Å². The van der Waals surface area contributed by atoms with Crippen LogP contribution < -0.4 is 5.32 Å². The van der Waals surface area contributed by atoms with Gasteiger partial charge in [-0.05, 0) is 56.5 Å². The molecule has 0 amide bonds. The summed E-state index contributed by atoms with van der Waals surface area (Å²) in [7, 11) is 0. The average Bonchev–Trinajstić information content (AvgIpc) is 3.24. The molecule has 0 bridgehead atoms. The van der Waals surface area contributed by atoms with E-state index in [-0.39, 0.29) is 0 Å². The second-order valence-corrected chi connectivity index (χ2v) is 6.96. The maximum Gasteiger partial charge on any atom is 0.133 e. The van der Waals surface area contributed by atoms with Gasteiger partial charge in [0.15, 0.2) is 0 Å². The zero-order chi connectivity index (χ0) is 16.5. The van der Waals surface area contributed by atoms with E-state index in [0.29, 0.717) is 6.04 Å². The van der Waals surface area contributed by atoms with E-state index in [0.717, 1.165) is 25.9 Å². The molecule has 1 saturated heterocycles. The van der Waals surface area contributed by atoms with Crippen LogP contribution in [0.2, 0.25) is 0 Å². The van der Waals surface area contributed by atoms with Crippen molar-refractivity contribution in [3.05, 3.63) is 41.1 Å². The van der Waals surface area contributed by atoms with Crippen LogP contribution in [0.5, 0.6) is 0 Å². The first-order valence-electron chi connectivity index (χ1n) is 9.50. The van der Waals surface area contributed by atoms with Gasteiger partial charge in [0.05, 0.1) is 17.4 Å². The Morgan fingerprint density at radius 1 is 1.17 bits per heavy atom. The number of aromatic nitrogens is 2. The van der Waals surface area contributed by atoms with E-state index in [9.17, 15) is 0 Å². The van der Waals surface area contributed by atoms with Crippen molar-refractivity contribution in [2.24, 2.45) is 0 Å². The van der Waals surface area contributed by atoms with Crippen molar-refractivity contribution >= 4 is 5.82 Å². The first-order chi connectivity index (χ1) is 11.8. The molecule has 0 radical (unpaired) electrons. The smallest absolute Gasteiger partial charge is 0.133 e. The summed E-state index contributed by atoms with van der Waals surface area (Å²) >= 11 is 0. The fraction of sp³-hybridized carbons (Fsp3) is 0.550. The van der Waals surface area contributed by atoms with Gasteiger partial charge in [-0.3, -0.25) is 4.90 Å². The van der Waals surface area contributed by atoms with Crippen molar-refractivity contribution in [1.29, 1.82) is 0 Å². The zero-order valence-electron chi connectivity index (χ0n) is 14.9. The molecule has 24 heavy (non-hydrogen) atoms. The number of nitrogens with zero attached hydrogens (tertiary/aromatic N) is 3. The van der Waals surface area contributed by atoms with Gasteiger partial charge in [-0.15, -0.1) is 0 Å². The average molecular weight is 324 g/mol. The number of nitrogens with one attached hydrogen (secondary N) is 1. The van der Waals surface area contributed by atoms with Gasteiger partial charge in [-0.1, -0.05) is 32.4 Å². The number of likely N-dealkylation sites (tertiary alicyclic amines) is 1. The Kier molecular flexibility index (Phi) is 4.31. The van der Waals surface area contributed by atoms with Crippen LogP contribution >= 0.6 is 0 Å². The Hall–Kier alpha value is -1.81. The first-order valence-corrected chi connectivity index (χ1v) is 9.50. The fourth-order valence-electron chi connectivity index (χ4n) is 4.21. The molecular formula is C20H28N4. The van der Waals surface area contributed by atoms with Crippen LogP contribution in [0.25, 0.3) is 5.69 Å². The Morgan fingerprint density at radius 2 is 2.00 bits per heavy atom. The van der Waals surface area contributed by atoms with Crippen LogP contribution in [0.1, 0.15) is 56.0 Å². The second kappa shape index (κ2) is 6.60. The maximum absolute atomic E-state index is 5.09. The molecule has 2 aliphatic heterocycles. The SMILES string of the molecule is CCc1ccc(-n2nc(C3CCCCN3CC)c3c2NCC3)cc1. The molecule has 2 aliphatic rings. The molecule has 4 rings (SSSR count). The lowest BCUT2D eigenvalue weighted by molar-refractivity contribution is 0.153. The second-order valence-electron chi connectivity index (χ2n) is 6.96. The van der Waals surface area contributed by atoms with E-state index in [4.69, 9.17) is 5.10 Å². The monoisotopic (exact) mass is 324 g/mol. The number of anilines is 1. The molecule has 0 spiro atoms. The minimum Gasteiger partial charge on any atom is -0.369 e. The topological polar surface area (TPSA) is 33.1 Å². The van der Waals surface area contributed by atoms with Crippen LogP contribution in [0, 0.1) is 0 Å². The molecule has 1 aromatic carbocycles. The van der Waals surface area contributed by atoms with E-state index in [1.807, 2.05) is 0 Å². The minimum absolute atomic E-state index is 0.494. The van der Waals surface area contributed by atoms with E-state index >= 15 is 0 Å². The lowest BCUT2D eigenvalue weighted by Crippen LogP contribution is -2.33. The molecule has 1 unspecified atom stereocenters. The molecule has 1 N–H and O–H groups in total.